The van der Waals surface area contributed by atoms with Crippen molar-refractivity contribution in [2.24, 2.45) is 5.73 Å². The van der Waals surface area contributed by atoms with Crippen LogP contribution in [0.15, 0.2) is 0 Å². The molecule has 0 spiro atoms. The molecule has 1 heterocycles. The van der Waals surface area contributed by atoms with E-state index in [4.69, 9.17) is 15.7 Å². The first-order valence-corrected chi connectivity index (χ1v) is 5.73. The fraction of sp³-hybridized carbons (Fsp3) is 0.727. The largest absolute Gasteiger partial charge is 0.368 e. The van der Waals surface area contributed by atoms with Crippen molar-refractivity contribution in [3.63, 3.8) is 0 Å². The van der Waals surface area contributed by atoms with Crippen molar-refractivity contribution in [1.82, 2.24) is 5.32 Å². The minimum Gasteiger partial charge on any atom is -0.368 e. The highest BCUT2D eigenvalue weighted by atomic mass is 16.5. The quantitative estimate of drug-likeness (QED) is 0.627. The Morgan fingerprint density at radius 3 is 2.88 bits per heavy atom. The fourth-order valence-corrected chi connectivity index (χ4v) is 1.72. The molecule has 1 saturated heterocycles. The van der Waals surface area contributed by atoms with E-state index in [2.05, 4.69) is 5.32 Å². The molecule has 0 aromatic heterocycles. The first-order chi connectivity index (χ1) is 8.15. The molecule has 2 amide bonds. The molecule has 0 aliphatic carbocycles. The summed E-state index contributed by atoms with van der Waals surface area (Å²) in [5.74, 6) is -0.863. The number of hydrogen-bond acceptors (Lipinski definition) is 4. The molecular weight excluding hydrogens is 222 g/mol. The Hall–Kier alpha value is -1.61. The molecule has 6 heteroatoms. The van der Waals surface area contributed by atoms with E-state index in [0.717, 1.165) is 6.42 Å². The lowest BCUT2D eigenvalue weighted by Crippen LogP contribution is -2.47. The molecule has 3 N–H and O–H groups in total. The van der Waals surface area contributed by atoms with Crippen molar-refractivity contribution >= 4 is 11.8 Å². The molecule has 17 heavy (non-hydrogen) atoms. The van der Waals surface area contributed by atoms with Crippen LogP contribution >= 0.6 is 0 Å². The Labute approximate surface area is 100 Å². The Balaban J connectivity index is 2.40. The van der Waals surface area contributed by atoms with E-state index in [1.54, 1.807) is 0 Å². The molecule has 1 aliphatic rings. The van der Waals surface area contributed by atoms with Crippen LogP contribution in [0.4, 0.5) is 0 Å². The number of primary amides is 1. The highest BCUT2D eigenvalue weighted by molar-refractivity contribution is 5.88. The van der Waals surface area contributed by atoms with E-state index in [1.807, 2.05) is 6.07 Å². The van der Waals surface area contributed by atoms with E-state index in [-0.39, 0.29) is 5.91 Å². The fourth-order valence-electron chi connectivity index (χ4n) is 1.72. The maximum Gasteiger partial charge on any atom is 0.249 e. The third-order valence-corrected chi connectivity index (χ3v) is 2.66. The van der Waals surface area contributed by atoms with Gasteiger partial charge >= 0.3 is 0 Å². The van der Waals surface area contributed by atoms with Gasteiger partial charge in [-0.25, -0.2) is 0 Å². The van der Waals surface area contributed by atoms with Crippen molar-refractivity contribution in [2.45, 2.75) is 44.2 Å². The molecule has 1 fully saturated rings. The predicted octanol–water partition coefficient (Wildman–Crippen LogP) is -0.171. The maximum absolute atomic E-state index is 11.7. The molecule has 0 saturated carbocycles. The van der Waals surface area contributed by atoms with Crippen LogP contribution in [0.2, 0.25) is 0 Å². The van der Waals surface area contributed by atoms with Gasteiger partial charge in [-0.15, -0.1) is 0 Å². The molecule has 1 aliphatic heterocycles. The van der Waals surface area contributed by atoms with Crippen LogP contribution in [0, 0.1) is 11.3 Å². The normalized spacial score (nSPS) is 20.5. The standard InChI is InChI=1S/C11H17N3O3/c12-6-2-1-4-8(10(13)15)14-11(16)9-5-3-7-17-9/h8-9H,1-5,7H2,(H2,13,15)(H,14,16)/t8-,9-/m1/s1. The molecule has 1 rings (SSSR count). The molecule has 0 aromatic rings. The second-order valence-corrected chi connectivity index (χ2v) is 4.02. The second-order valence-electron chi connectivity index (χ2n) is 4.02. The lowest BCUT2D eigenvalue weighted by molar-refractivity contribution is -0.133. The summed E-state index contributed by atoms with van der Waals surface area (Å²) in [5.41, 5.74) is 5.19. The lowest BCUT2D eigenvalue weighted by Gasteiger charge is -2.17. The van der Waals surface area contributed by atoms with Crippen LogP contribution in [-0.4, -0.2) is 30.6 Å². The van der Waals surface area contributed by atoms with E-state index < -0.39 is 18.1 Å². The van der Waals surface area contributed by atoms with Crippen LogP contribution in [0.3, 0.4) is 0 Å². The Kier molecular flexibility index (Phi) is 5.43. The van der Waals surface area contributed by atoms with Gasteiger partial charge in [-0.2, -0.15) is 5.26 Å². The summed E-state index contributed by atoms with van der Waals surface area (Å²) in [5, 5.41) is 11.0. The van der Waals surface area contributed by atoms with Crippen molar-refractivity contribution in [2.75, 3.05) is 6.61 Å². The van der Waals surface area contributed by atoms with Gasteiger partial charge in [0, 0.05) is 13.0 Å². The number of nitrogens with zero attached hydrogens (tertiary/aromatic N) is 1. The Morgan fingerprint density at radius 1 is 1.59 bits per heavy atom. The third-order valence-electron chi connectivity index (χ3n) is 2.66. The second kappa shape index (κ2) is 6.86. The predicted molar refractivity (Wildman–Crippen MR) is 59.6 cm³/mol. The number of carbonyl (C=O) groups is 2. The molecule has 0 aromatic carbocycles. The number of amides is 2. The van der Waals surface area contributed by atoms with Crippen LogP contribution in [0.1, 0.15) is 32.1 Å². The Bertz CT molecular complexity index is 318. The summed E-state index contributed by atoms with van der Waals surface area (Å²) in [7, 11) is 0. The SMILES string of the molecule is N#CCCC[C@@H](NC(=O)[C@H]1CCCO1)C(N)=O. The zero-order chi connectivity index (χ0) is 12.7. The van der Waals surface area contributed by atoms with E-state index >= 15 is 0 Å². The van der Waals surface area contributed by atoms with Crippen molar-refractivity contribution < 1.29 is 14.3 Å². The third kappa shape index (κ3) is 4.41. The van der Waals surface area contributed by atoms with Crippen LogP contribution in [0.25, 0.3) is 0 Å². The Morgan fingerprint density at radius 2 is 2.35 bits per heavy atom. The van der Waals surface area contributed by atoms with Gasteiger partial charge in [0.1, 0.15) is 12.1 Å². The number of ether oxygens (including phenoxy) is 1. The summed E-state index contributed by atoms with van der Waals surface area (Å²) >= 11 is 0. The first-order valence-electron chi connectivity index (χ1n) is 5.73. The van der Waals surface area contributed by atoms with E-state index in [0.29, 0.717) is 32.3 Å². The average molecular weight is 239 g/mol. The summed E-state index contributed by atoms with van der Waals surface area (Å²) in [6.07, 6.45) is 2.34. The van der Waals surface area contributed by atoms with Gasteiger partial charge in [0.15, 0.2) is 0 Å². The molecule has 0 unspecified atom stereocenters. The van der Waals surface area contributed by atoms with Crippen molar-refractivity contribution in [3.05, 3.63) is 0 Å². The van der Waals surface area contributed by atoms with Crippen molar-refractivity contribution in [3.8, 4) is 6.07 Å². The number of rotatable bonds is 6. The number of unbranched alkanes of at least 4 members (excludes halogenated alkanes) is 1. The number of carbonyl (C=O) groups excluding carboxylic acids is 2. The van der Waals surface area contributed by atoms with Gasteiger partial charge in [-0.1, -0.05) is 0 Å². The van der Waals surface area contributed by atoms with E-state index in [9.17, 15) is 9.59 Å². The van der Waals surface area contributed by atoms with Gasteiger partial charge in [0.2, 0.25) is 11.8 Å². The number of hydrogen-bond donors (Lipinski definition) is 2. The van der Waals surface area contributed by atoms with Gasteiger partial charge in [0.05, 0.1) is 6.07 Å². The van der Waals surface area contributed by atoms with Gasteiger partial charge in [-0.3, -0.25) is 9.59 Å². The highest BCUT2D eigenvalue weighted by Gasteiger charge is 2.27. The molecule has 2 atom stereocenters. The maximum atomic E-state index is 11.7. The molecule has 0 bridgehead atoms. The minimum absolute atomic E-state index is 0.289. The van der Waals surface area contributed by atoms with Crippen LogP contribution < -0.4 is 11.1 Å². The zero-order valence-electron chi connectivity index (χ0n) is 9.65. The van der Waals surface area contributed by atoms with Crippen molar-refractivity contribution in [1.29, 1.82) is 5.26 Å². The average Bonchev–Trinajstić information content (AvgIpc) is 2.81. The lowest BCUT2D eigenvalue weighted by atomic mass is 10.1. The van der Waals surface area contributed by atoms with Gasteiger partial charge in [-0.05, 0) is 25.7 Å². The topological polar surface area (TPSA) is 105 Å². The molecule has 6 nitrogen and oxygen atoms in total. The number of nitriles is 1. The first kappa shape index (κ1) is 13.5. The number of nitrogens with one attached hydrogen (secondary N) is 1. The van der Waals surface area contributed by atoms with Crippen LogP contribution in [-0.2, 0) is 14.3 Å². The molecular formula is C11H17N3O3. The van der Waals surface area contributed by atoms with Crippen LogP contribution in [0.5, 0.6) is 0 Å². The highest BCUT2D eigenvalue weighted by Crippen LogP contribution is 2.12. The molecule has 0 radical (unpaired) electrons. The zero-order valence-corrected chi connectivity index (χ0v) is 9.65. The molecule has 94 valence electrons. The van der Waals surface area contributed by atoms with Gasteiger partial charge < -0.3 is 15.8 Å². The smallest absolute Gasteiger partial charge is 0.249 e. The summed E-state index contributed by atoms with van der Waals surface area (Å²) in [6, 6.07) is 1.27. The number of nitrogens with two attached hydrogens (primary N) is 1. The monoisotopic (exact) mass is 239 g/mol. The summed E-state index contributed by atoms with van der Waals surface area (Å²) < 4.78 is 5.20. The minimum atomic E-state index is -0.708. The van der Waals surface area contributed by atoms with Gasteiger partial charge in [0.25, 0.3) is 0 Å². The summed E-state index contributed by atoms with van der Waals surface area (Å²) in [6.45, 7) is 0.577. The summed E-state index contributed by atoms with van der Waals surface area (Å²) in [4.78, 5) is 22.8. The van der Waals surface area contributed by atoms with E-state index in [1.165, 1.54) is 0 Å².